The molecular weight excluding hydrogens is 340 g/mol. The summed E-state index contributed by atoms with van der Waals surface area (Å²) in [4.78, 5) is 10.9. The largest absolute Gasteiger partial charge is 0.487 e. The molecule has 0 bridgehead atoms. The predicted octanol–water partition coefficient (Wildman–Crippen LogP) is 1.53. The van der Waals surface area contributed by atoms with Crippen molar-refractivity contribution in [3.63, 3.8) is 0 Å². The van der Waals surface area contributed by atoms with Crippen LogP contribution < -0.4 is 9.64 Å². The molecule has 1 aromatic carbocycles. The number of fused-ring (bicyclic) bond motifs is 2. The van der Waals surface area contributed by atoms with Crippen molar-refractivity contribution in [2.45, 2.75) is 29.9 Å². The van der Waals surface area contributed by atoms with Gasteiger partial charge in [0, 0.05) is 39.0 Å². The first-order chi connectivity index (χ1) is 12.1. The Labute approximate surface area is 147 Å². The van der Waals surface area contributed by atoms with Crippen LogP contribution in [0.1, 0.15) is 12.8 Å². The zero-order valence-corrected chi connectivity index (χ0v) is 14.8. The molecular formula is C17H20N4O3S. The predicted molar refractivity (Wildman–Crippen MR) is 93.1 cm³/mol. The van der Waals surface area contributed by atoms with Crippen molar-refractivity contribution in [2.24, 2.45) is 0 Å². The maximum absolute atomic E-state index is 13.0. The molecule has 0 aliphatic carbocycles. The van der Waals surface area contributed by atoms with E-state index >= 15 is 0 Å². The van der Waals surface area contributed by atoms with Gasteiger partial charge >= 0.3 is 0 Å². The molecule has 1 fully saturated rings. The Morgan fingerprint density at radius 1 is 1.08 bits per heavy atom. The number of sulfonamides is 1. The lowest BCUT2D eigenvalue weighted by Crippen LogP contribution is -2.44. The van der Waals surface area contributed by atoms with Crippen LogP contribution in [0.5, 0.6) is 5.75 Å². The number of likely N-dealkylation sites (N-methyl/N-ethyl adjacent to an activating group) is 1. The summed E-state index contributed by atoms with van der Waals surface area (Å²) < 4.78 is 33.5. The average Bonchev–Trinajstić information content (AvgIpc) is 2.88. The first-order valence-electron chi connectivity index (χ1n) is 8.33. The van der Waals surface area contributed by atoms with E-state index in [2.05, 4.69) is 14.9 Å². The van der Waals surface area contributed by atoms with Crippen LogP contribution in [0.3, 0.4) is 0 Å². The van der Waals surface area contributed by atoms with E-state index in [1.807, 2.05) is 0 Å². The van der Waals surface area contributed by atoms with Crippen LogP contribution in [0.25, 0.3) is 0 Å². The van der Waals surface area contributed by atoms with Gasteiger partial charge in [-0.25, -0.2) is 18.4 Å². The van der Waals surface area contributed by atoms with Crippen molar-refractivity contribution in [1.29, 1.82) is 0 Å². The molecule has 7 nitrogen and oxygen atoms in total. The third-order valence-electron chi connectivity index (χ3n) is 4.89. The van der Waals surface area contributed by atoms with E-state index in [-0.39, 0.29) is 17.0 Å². The minimum absolute atomic E-state index is 0.197. The normalized spacial score (nSPS) is 25.9. The monoisotopic (exact) mass is 360 g/mol. The molecule has 2 aliphatic heterocycles. The number of hydrogen-bond acceptors (Lipinski definition) is 6. The summed E-state index contributed by atoms with van der Waals surface area (Å²) in [7, 11) is -1.92. The molecule has 4 rings (SSSR count). The van der Waals surface area contributed by atoms with Gasteiger partial charge in [-0.2, -0.15) is 4.31 Å². The Morgan fingerprint density at radius 3 is 2.60 bits per heavy atom. The molecule has 25 heavy (non-hydrogen) atoms. The maximum atomic E-state index is 13.0. The molecule has 0 saturated carbocycles. The second-order valence-electron chi connectivity index (χ2n) is 6.30. The molecule has 2 aliphatic rings. The lowest BCUT2D eigenvalue weighted by molar-refractivity contribution is 0.123. The average molecular weight is 360 g/mol. The molecule has 132 valence electrons. The number of anilines is 1. The first-order valence-corrected chi connectivity index (χ1v) is 9.77. The van der Waals surface area contributed by atoms with Gasteiger partial charge in [0.1, 0.15) is 16.7 Å². The number of benzene rings is 1. The smallest absolute Gasteiger partial charge is 0.246 e. The van der Waals surface area contributed by atoms with E-state index in [0.29, 0.717) is 31.1 Å². The van der Waals surface area contributed by atoms with Crippen molar-refractivity contribution in [2.75, 3.05) is 25.0 Å². The summed E-state index contributed by atoms with van der Waals surface area (Å²) in [6.07, 6.45) is 4.60. The van der Waals surface area contributed by atoms with E-state index in [0.717, 1.165) is 6.54 Å². The van der Waals surface area contributed by atoms with Crippen LogP contribution in [-0.4, -0.2) is 55.0 Å². The fraction of sp³-hybridized carbons (Fsp3) is 0.412. The quantitative estimate of drug-likeness (QED) is 0.768. The van der Waals surface area contributed by atoms with E-state index in [1.165, 1.54) is 4.31 Å². The highest BCUT2D eigenvalue weighted by Gasteiger charge is 2.41. The topological polar surface area (TPSA) is 75.6 Å². The Kier molecular flexibility index (Phi) is 4.09. The van der Waals surface area contributed by atoms with Crippen LogP contribution in [0.15, 0.2) is 47.6 Å². The third kappa shape index (κ3) is 2.85. The minimum atomic E-state index is -3.57. The standard InChI is InChI=1S/C17H20N4O3S/c1-20-13-7-11-21(17-18-9-4-10-19-17)12-8-14(13)24-15-5-2-3-6-16(15)25(20,22)23/h2-6,9-10,13-14H,7-8,11-12H2,1H3/t13-,14-/m0/s1. The van der Waals surface area contributed by atoms with Crippen molar-refractivity contribution in [3.05, 3.63) is 42.7 Å². The van der Waals surface area contributed by atoms with Gasteiger partial charge < -0.3 is 9.64 Å². The van der Waals surface area contributed by atoms with E-state index in [4.69, 9.17) is 4.74 Å². The van der Waals surface area contributed by atoms with Gasteiger partial charge in [0.05, 0.1) is 6.04 Å². The second kappa shape index (κ2) is 6.27. The molecule has 0 amide bonds. The van der Waals surface area contributed by atoms with Gasteiger partial charge in [0.2, 0.25) is 16.0 Å². The van der Waals surface area contributed by atoms with Crippen LogP contribution in [-0.2, 0) is 10.0 Å². The van der Waals surface area contributed by atoms with Gasteiger partial charge in [0.15, 0.2) is 0 Å². The zero-order chi connectivity index (χ0) is 17.4. The summed E-state index contributed by atoms with van der Waals surface area (Å²) in [6, 6.07) is 8.43. The van der Waals surface area contributed by atoms with Crippen molar-refractivity contribution in [1.82, 2.24) is 14.3 Å². The summed E-state index contributed by atoms with van der Waals surface area (Å²) in [5.41, 5.74) is 0. The lowest BCUT2D eigenvalue weighted by atomic mass is 10.1. The van der Waals surface area contributed by atoms with Gasteiger partial charge in [-0.3, -0.25) is 0 Å². The van der Waals surface area contributed by atoms with E-state index in [1.54, 1.807) is 49.8 Å². The molecule has 8 heteroatoms. The zero-order valence-electron chi connectivity index (χ0n) is 13.9. The van der Waals surface area contributed by atoms with Gasteiger partial charge in [-0.15, -0.1) is 0 Å². The second-order valence-corrected chi connectivity index (χ2v) is 8.27. The van der Waals surface area contributed by atoms with Crippen LogP contribution in [0.4, 0.5) is 5.95 Å². The Hall–Kier alpha value is -2.19. The highest BCUT2D eigenvalue weighted by Crippen LogP contribution is 2.35. The summed E-state index contributed by atoms with van der Waals surface area (Å²) >= 11 is 0. The number of rotatable bonds is 1. The SMILES string of the molecule is CN1[C@H]2CCN(c3ncccn3)CC[C@@H]2Oc2ccccc2S1(=O)=O. The Balaban J connectivity index is 1.67. The number of nitrogens with zero attached hydrogens (tertiary/aromatic N) is 4. The summed E-state index contributed by atoms with van der Waals surface area (Å²) in [6.45, 7) is 1.41. The molecule has 1 saturated heterocycles. The molecule has 2 atom stereocenters. The third-order valence-corrected chi connectivity index (χ3v) is 6.82. The molecule has 1 aromatic heterocycles. The van der Waals surface area contributed by atoms with Gasteiger partial charge in [0.25, 0.3) is 0 Å². The molecule has 2 aromatic rings. The number of hydrogen-bond donors (Lipinski definition) is 0. The van der Waals surface area contributed by atoms with E-state index < -0.39 is 10.0 Å². The van der Waals surface area contributed by atoms with Gasteiger partial charge in [-0.1, -0.05) is 12.1 Å². The summed E-state index contributed by atoms with van der Waals surface area (Å²) in [5.74, 6) is 1.11. The molecule has 0 spiro atoms. The Bertz CT molecular complexity index is 859. The molecule has 0 N–H and O–H groups in total. The fourth-order valence-corrected chi connectivity index (χ4v) is 5.06. The molecule has 3 heterocycles. The number of para-hydroxylation sites is 1. The summed E-state index contributed by atoms with van der Waals surface area (Å²) in [5, 5.41) is 0. The van der Waals surface area contributed by atoms with Crippen LogP contribution in [0.2, 0.25) is 0 Å². The minimum Gasteiger partial charge on any atom is -0.487 e. The Morgan fingerprint density at radius 2 is 1.80 bits per heavy atom. The van der Waals surface area contributed by atoms with Crippen molar-refractivity contribution >= 4 is 16.0 Å². The molecule has 0 unspecified atom stereocenters. The fourth-order valence-electron chi connectivity index (χ4n) is 3.53. The lowest BCUT2D eigenvalue weighted by Gasteiger charge is -2.28. The highest BCUT2D eigenvalue weighted by molar-refractivity contribution is 7.89. The van der Waals surface area contributed by atoms with Crippen molar-refractivity contribution < 1.29 is 13.2 Å². The highest BCUT2D eigenvalue weighted by atomic mass is 32.2. The molecule has 0 radical (unpaired) electrons. The van der Waals surface area contributed by atoms with Crippen LogP contribution in [0, 0.1) is 0 Å². The first kappa shape index (κ1) is 16.3. The van der Waals surface area contributed by atoms with Crippen LogP contribution >= 0.6 is 0 Å². The van der Waals surface area contributed by atoms with Gasteiger partial charge in [-0.05, 0) is 24.6 Å². The number of ether oxygens (including phenoxy) is 1. The van der Waals surface area contributed by atoms with Crippen molar-refractivity contribution in [3.8, 4) is 5.75 Å². The maximum Gasteiger partial charge on any atom is 0.246 e. The number of aromatic nitrogens is 2. The van der Waals surface area contributed by atoms with E-state index in [9.17, 15) is 8.42 Å².